The number of hydrogen-bond acceptors (Lipinski definition) is 5. The van der Waals surface area contributed by atoms with Crippen molar-refractivity contribution in [3.63, 3.8) is 0 Å². The van der Waals surface area contributed by atoms with Gasteiger partial charge >= 0.3 is 5.97 Å². The van der Waals surface area contributed by atoms with Crippen LogP contribution in [0, 0.1) is 0 Å². The molecule has 112 valence electrons. The van der Waals surface area contributed by atoms with Crippen LogP contribution < -0.4 is 0 Å². The van der Waals surface area contributed by atoms with Crippen LogP contribution >= 0.6 is 27.5 Å². The lowest BCUT2D eigenvalue weighted by Gasteiger charge is -2.13. The lowest BCUT2D eigenvalue weighted by molar-refractivity contribution is -0.139. The van der Waals surface area contributed by atoms with E-state index in [1.165, 1.54) is 11.8 Å². The lowest BCUT2D eigenvalue weighted by atomic mass is 10.2. The van der Waals surface area contributed by atoms with E-state index < -0.39 is 12.1 Å². The molecular weight excluding hydrogens is 364 g/mol. The highest BCUT2D eigenvalue weighted by Crippen LogP contribution is 2.27. The van der Waals surface area contributed by atoms with E-state index in [0.29, 0.717) is 10.8 Å². The van der Waals surface area contributed by atoms with Gasteiger partial charge in [-0.2, -0.15) is 0 Å². The molecule has 0 amide bonds. The summed E-state index contributed by atoms with van der Waals surface area (Å²) in [6.07, 6.45) is -0.646. The molecule has 9 heteroatoms. The summed E-state index contributed by atoms with van der Waals surface area (Å²) in [5.41, 5.74) is 0.735. The second-order valence-corrected chi connectivity index (χ2v) is 5.53. The van der Waals surface area contributed by atoms with Gasteiger partial charge in [0.1, 0.15) is 0 Å². The maximum atomic E-state index is 10.8. The fourth-order valence-electron chi connectivity index (χ4n) is 1.78. The highest BCUT2D eigenvalue weighted by molar-refractivity contribution is 9.10. The van der Waals surface area contributed by atoms with Gasteiger partial charge in [-0.15, -0.1) is 5.10 Å². The number of benzene rings is 1. The minimum absolute atomic E-state index is 0.128. The smallest absolute Gasteiger partial charge is 0.306 e. The van der Waals surface area contributed by atoms with Crippen LogP contribution in [0.15, 0.2) is 22.7 Å². The molecule has 2 rings (SSSR count). The van der Waals surface area contributed by atoms with Gasteiger partial charge in [0, 0.05) is 17.1 Å². The standard InChI is InChI=1S/C12H12BrClN4O3/c1-21-8(5-11(19)20)6-18-12(15-16-17-18)7-2-3-9(13)10(14)4-7/h2-4,8H,5-6H2,1H3,(H,19,20). The monoisotopic (exact) mass is 374 g/mol. The van der Waals surface area contributed by atoms with Gasteiger partial charge in [-0.25, -0.2) is 4.68 Å². The Bertz CT molecular complexity index is 649. The SMILES string of the molecule is COC(CC(=O)O)Cn1nnnc1-c1ccc(Br)c(Cl)c1. The Morgan fingerprint density at radius 3 is 2.95 bits per heavy atom. The van der Waals surface area contributed by atoms with Gasteiger partial charge in [0.15, 0.2) is 5.82 Å². The molecule has 7 nitrogen and oxygen atoms in total. The Labute approximate surface area is 134 Å². The van der Waals surface area contributed by atoms with Gasteiger partial charge in [-0.1, -0.05) is 11.6 Å². The zero-order valence-electron chi connectivity index (χ0n) is 11.0. The molecule has 0 aliphatic heterocycles. The van der Waals surface area contributed by atoms with Crippen molar-refractivity contribution in [1.29, 1.82) is 0 Å². The molecular formula is C12H12BrClN4O3. The van der Waals surface area contributed by atoms with E-state index in [1.54, 1.807) is 12.1 Å². The van der Waals surface area contributed by atoms with Crippen molar-refractivity contribution in [2.45, 2.75) is 19.1 Å². The molecule has 0 saturated heterocycles. The number of nitrogens with zero attached hydrogens (tertiary/aromatic N) is 4. The minimum Gasteiger partial charge on any atom is -0.481 e. The summed E-state index contributed by atoms with van der Waals surface area (Å²) in [7, 11) is 1.45. The first-order chi connectivity index (χ1) is 10.0. The average molecular weight is 376 g/mol. The summed E-state index contributed by atoms with van der Waals surface area (Å²) in [4.78, 5) is 10.8. The second kappa shape index (κ2) is 6.97. The molecule has 0 spiro atoms. The van der Waals surface area contributed by atoms with E-state index in [0.717, 1.165) is 10.0 Å². The number of tetrazole rings is 1. The number of aromatic nitrogens is 4. The molecule has 21 heavy (non-hydrogen) atoms. The van der Waals surface area contributed by atoms with Crippen LogP contribution in [0.3, 0.4) is 0 Å². The van der Waals surface area contributed by atoms with Crippen LogP contribution in [-0.2, 0) is 16.1 Å². The predicted molar refractivity (Wildman–Crippen MR) is 79.0 cm³/mol. The fraction of sp³-hybridized carbons (Fsp3) is 0.333. The number of ether oxygens (including phenoxy) is 1. The van der Waals surface area contributed by atoms with E-state index in [4.69, 9.17) is 21.4 Å². The first-order valence-electron chi connectivity index (χ1n) is 5.97. The first-order valence-corrected chi connectivity index (χ1v) is 7.14. The summed E-state index contributed by atoms with van der Waals surface area (Å²) in [6.45, 7) is 0.235. The van der Waals surface area contributed by atoms with Crippen molar-refractivity contribution in [2.24, 2.45) is 0 Å². The topological polar surface area (TPSA) is 90.1 Å². The van der Waals surface area contributed by atoms with E-state index in [1.807, 2.05) is 6.07 Å². The predicted octanol–water partition coefficient (Wildman–Crippen LogP) is 2.25. The van der Waals surface area contributed by atoms with Crippen molar-refractivity contribution in [2.75, 3.05) is 7.11 Å². The van der Waals surface area contributed by atoms with Crippen molar-refractivity contribution >= 4 is 33.5 Å². The highest BCUT2D eigenvalue weighted by Gasteiger charge is 2.17. The fourth-order valence-corrected chi connectivity index (χ4v) is 2.21. The van der Waals surface area contributed by atoms with Crippen molar-refractivity contribution < 1.29 is 14.6 Å². The maximum absolute atomic E-state index is 10.8. The number of methoxy groups -OCH3 is 1. The summed E-state index contributed by atoms with van der Waals surface area (Å²) >= 11 is 9.37. The third kappa shape index (κ3) is 3.99. The van der Waals surface area contributed by atoms with Crippen LogP contribution in [0.1, 0.15) is 6.42 Å². The summed E-state index contributed by atoms with van der Waals surface area (Å²) in [5.74, 6) is -0.444. The van der Waals surface area contributed by atoms with Gasteiger partial charge in [-0.05, 0) is 44.6 Å². The number of hydrogen-bond donors (Lipinski definition) is 1. The van der Waals surface area contributed by atoms with Gasteiger partial charge < -0.3 is 9.84 Å². The van der Waals surface area contributed by atoms with Crippen LogP contribution in [0.5, 0.6) is 0 Å². The molecule has 1 unspecified atom stereocenters. The number of aliphatic carboxylic acids is 1. The minimum atomic E-state index is -0.942. The van der Waals surface area contributed by atoms with Gasteiger partial charge in [0.2, 0.25) is 0 Å². The Morgan fingerprint density at radius 2 is 2.33 bits per heavy atom. The van der Waals surface area contributed by atoms with E-state index >= 15 is 0 Å². The molecule has 0 aliphatic rings. The van der Waals surface area contributed by atoms with E-state index in [2.05, 4.69) is 31.5 Å². The molecule has 1 aromatic carbocycles. The molecule has 0 bridgehead atoms. The average Bonchev–Trinajstić information content (AvgIpc) is 2.88. The van der Waals surface area contributed by atoms with Gasteiger partial charge in [-0.3, -0.25) is 4.79 Å². The van der Waals surface area contributed by atoms with Crippen molar-refractivity contribution in [1.82, 2.24) is 20.2 Å². The normalized spacial score (nSPS) is 12.3. The number of carbonyl (C=O) groups is 1. The number of carboxylic acid groups (broad SMARTS) is 1. The summed E-state index contributed by atoms with van der Waals surface area (Å²) in [6, 6.07) is 5.34. The number of halogens is 2. The van der Waals surface area contributed by atoms with Crippen LogP contribution in [0.25, 0.3) is 11.4 Å². The Balaban J connectivity index is 2.25. The summed E-state index contributed by atoms with van der Waals surface area (Å²) in [5, 5.41) is 20.8. The Hall–Kier alpha value is -1.51. The largest absolute Gasteiger partial charge is 0.481 e. The quantitative estimate of drug-likeness (QED) is 0.833. The molecule has 1 atom stereocenters. The molecule has 1 heterocycles. The van der Waals surface area contributed by atoms with Crippen LogP contribution in [-0.4, -0.2) is 44.5 Å². The van der Waals surface area contributed by atoms with Gasteiger partial charge in [0.05, 0.1) is 24.1 Å². The van der Waals surface area contributed by atoms with Crippen LogP contribution in [0.4, 0.5) is 0 Å². The van der Waals surface area contributed by atoms with Crippen molar-refractivity contribution in [3.8, 4) is 11.4 Å². The molecule has 0 aliphatic carbocycles. The zero-order chi connectivity index (χ0) is 15.4. The molecule has 1 aromatic heterocycles. The third-order valence-corrected chi connectivity index (χ3v) is 4.05. The molecule has 0 saturated carbocycles. The number of rotatable bonds is 6. The molecule has 0 radical (unpaired) electrons. The third-order valence-electron chi connectivity index (χ3n) is 2.82. The highest BCUT2D eigenvalue weighted by atomic mass is 79.9. The second-order valence-electron chi connectivity index (χ2n) is 4.27. The van der Waals surface area contributed by atoms with E-state index in [-0.39, 0.29) is 13.0 Å². The Morgan fingerprint density at radius 1 is 1.57 bits per heavy atom. The molecule has 1 N–H and O–H groups in total. The molecule has 0 fully saturated rings. The zero-order valence-corrected chi connectivity index (χ0v) is 13.4. The molecule has 2 aromatic rings. The maximum Gasteiger partial charge on any atom is 0.306 e. The number of carboxylic acids is 1. The van der Waals surface area contributed by atoms with E-state index in [9.17, 15) is 4.79 Å². The first kappa shape index (κ1) is 15.9. The van der Waals surface area contributed by atoms with Gasteiger partial charge in [0.25, 0.3) is 0 Å². The van der Waals surface area contributed by atoms with Crippen molar-refractivity contribution in [3.05, 3.63) is 27.7 Å². The van der Waals surface area contributed by atoms with Crippen LogP contribution in [0.2, 0.25) is 5.02 Å². The summed E-state index contributed by atoms with van der Waals surface area (Å²) < 4.78 is 7.40. The Kier molecular flexibility index (Phi) is 5.27. The lowest BCUT2D eigenvalue weighted by Crippen LogP contribution is -2.23.